The number of hydrogen-bond donors (Lipinski definition) is 0. The Hall–Kier alpha value is -2.68. The van der Waals surface area contributed by atoms with E-state index in [1.54, 1.807) is 12.1 Å². The molecule has 0 spiro atoms. The van der Waals surface area contributed by atoms with Gasteiger partial charge in [-0.3, -0.25) is 0 Å². The predicted molar refractivity (Wildman–Crippen MR) is 119 cm³/mol. The third-order valence-electron chi connectivity index (χ3n) is 5.36. The Bertz CT molecular complexity index is 1100. The molecule has 0 aliphatic carbocycles. The van der Waals surface area contributed by atoms with Crippen LogP contribution in [0, 0.1) is 11.6 Å². The summed E-state index contributed by atoms with van der Waals surface area (Å²) in [6.45, 7) is 0. The van der Waals surface area contributed by atoms with Gasteiger partial charge in [-0.25, -0.2) is 8.78 Å². The van der Waals surface area contributed by atoms with E-state index in [0.29, 0.717) is 22.0 Å². The van der Waals surface area contributed by atoms with Gasteiger partial charge < -0.3 is 0 Å². The van der Waals surface area contributed by atoms with Crippen LogP contribution in [-0.4, -0.2) is 0 Å². The van der Waals surface area contributed by atoms with E-state index in [0.717, 1.165) is 22.8 Å². The summed E-state index contributed by atoms with van der Waals surface area (Å²) in [5.74, 6) is -1.24. The molecule has 150 valence electrons. The first kappa shape index (κ1) is 20.6. The van der Waals surface area contributed by atoms with Crippen molar-refractivity contribution in [3.05, 3.63) is 141 Å². The van der Waals surface area contributed by atoms with Crippen LogP contribution in [0.1, 0.15) is 22.3 Å². The molecule has 0 aromatic heterocycles. The van der Waals surface area contributed by atoms with Crippen LogP contribution in [0.25, 0.3) is 0 Å². The van der Waals surface area contributed by atoms with Crippen LogP contribution in [0.15, 0.2) is 97.1 Å². The molecular formula is C26H18Cl2F2. The number of hydrogen-bond acceptors (Lipinski definition) is 0. The average Bonchev–Trinajstić information content (AvgIpc) is 2.74. The maximum atomic E-state index is 14.4. The molecule has 0 saturated carbocycles. The van der Waals surface area contributed by atoms with Gasteiger partial charge in [0.1, 0.15) is 11.6 Å². The predicted octanol–water partition coefficient (Wildman–Crippen LogP) is 7.85. The minimum absolute atomic E-state index is 0.403. The smallest absolute Gasteiger partial charge is 0.126 e. The molecule has 4 rings (SSSR count). The molecule has 0 unspecified atom stereocenters. The first-order chi connectivity index (χ1) is 14.5. The van der Waals surface area contributed by atoms with E-state index >= 15 is 0 Å². The van der Waals surface area contributed by atoms with Crippen molar-refractivity contribution >= 4 is 23.2 Å². The normalized spacial score (nSPS) is 11.5. The standard InChI is InChI=1S/C26H18Cl2F2/c27-22-12-11-18(25(28)15-22)17-26(19-7-3-1-4-8-19,20-9-5-2-6-10-20)21-13-23(29)16-24(30)14-21/h1-16H,17H2. The Labute approximate surface area is 184 Å². The summed E-state index contributed by atoms with van der Waals surface area (Å²) in [5, 5.41) is 1.04. The monoisotopic (exact) mass is 438 g/mol. The molecular weight excluding hydrogens is 421 g/mol. The van der Waals surface area contributed by atoms with E-state index in [2.05, 4.69) is 0 Å². The molecule has 0 fully saturated rings. The highest BCUT2D eigenvalue weighted by molar-refractivity contribution is 6.35. The second kappa shape index (κ2) is 8.59. The summed E-state index contributed by atoms with van der Waals surface area (Å²) in [7, 11) is 0. The van der Waals surface area contributed by atoms with E-state index < -0.39 is 17.0 Å². The van der Waals surface area contributed by atoms with Gasteiger partial charge in [0, 0.05) is 21.5 Å². The van der Waals surface area contributed by atoms with E-state index in [1.807, 2.05) is 66.7 Å². The summed E-state index contributed by atoms with van der Waals surface area (Å²) in [6, 6.07) is 28.4. The molecule has 0 heterocycles. The molecule has 4 aromatic carbocycles. The van der Waals surface area contributed by atoms with Gasteiger partial charge in [-0.1, -0.05) is 89.9 Å². The fourth-order valence-electron chi connectivity index (χ4n) is 4.00. The molecule has 0 N–H and O–H groups in total. The largest absolute Gasteiger partial charge is 0.207 e. The topological polar surface area (TPSA) is 0 Å². The second-order valence-corrected chi connectivity index (χ2v) is 8.05. The second-order valence-electron chi connectivity index (χ2n) is 7.21. The number of rotatable bonds is 5. The molecule has 4 heteroatoms. The van der Waals surface area contributed by atoms with Crippen molar-refractivity contribution in [3.8, 4) is 0 Å². The molecule has 30 heavy (non-hydrogen) atoms. The highest BCUT2D eigenvalue weighted by Gasteiger charge is 2.37. The van der Waals surface area contributed by atoms with Crippen LogP contribution < -0.4 is 0 Å². The van der Waals surface area contributed by atoms with Gasteiger partial charge in [0.05, 0.1) is 0 Å². The van der Waals surface area contributed by atoms with Crippen LogP contribution in [0.4, 0.5) is 8.78 Å². The van der Waals surface area contributed by atoms with E-state index in [9.17, 15) is 8.78 Å². The zero-order valence-electron chi connectivity index (χ0n) is 16.0. The first-order valence-electron chi connectivity index (χ1n) is 9.50. The summed E-state index contributed by atoms with van der Waals surface area (Å²) in [5.41, 5.74) is 2.31. The Kier molecular flexibility index (Phi) is 5.90. The lowest BCUT2D eigenvalue weighted by Crippen LogP contribution is -2.32. The van der Waals surface area contributed by atoms with Gasteiger partial charge in [0.2, 0.25) is 0 Å². The van der Waals surface area contributed by atoms with Gasteiger partial charge in [-0.15, -0.1) is 0 Å². The number of benzene rings is 4. The minimum atomic E-state index is -0.858. The van der Waals surface area contributed by atoms with Gasteiger partial charge >= 0.3 is 0 Å². The molecule has 0 aliphatic heterocycles. The molecule has 0 atom stereocenters. The van der Waals surface area contributed by atoms with Crippen molar-refractivity contribution in [2.24, 2.45) is 0 Å². The molecule has 0 amide bonds. The van der Waals surface area contributed by atoms with Crippen molar-refractivity contribution in [2.45, 2.75) is 11.8 Å². The minimum Gasteiger partial charge on any atom is -0.207 e. The third-order valence-corrected chi connectivity index (χ3v) is 5.95. The Morgan fingerprint density at radius 1 is 0.600 bits per heavy atom. The molecule has 0 radical (unpaired) electrons. The van der Waals surface area contributed by atoms with Crippen LogP contribution >= 0.6 is 23.2 Å². The SMILES string of the molecule is Fc1cc(F)cc(C(Cc2ccc(Cl)cc2Cl)(c2ccccc2)c2ccccc2)c1. The zero-order valence-corrected chi connectivity index (χ0v) is 17.5. The van der Waals surface area contributed by atoms with Crippen LogP contribution in [0.5, 0.6) is 0 Å². The third kappa shape index (κ3) is 3.98. The highest BCUT2D eigenvalue weighted by atomic mass is 35.5. The highest BCUT2D eigenvalue weighted by Crippen LogP contribution is 2.43. The number of halogens is 4. The molecule has 4 aromatic rings. The van der Waals surface area contributed by atoms with Gasteiger partial charge in [0.15, 0.2) is 0 Å². The maximum absolute atomic E-state index is 14.4. The lowest BCUT2D eigenvalue weighted by molar-refractivity contribution is 0.555. The molecule has 0 nitrogen and oxygen atoms in total. The lowest BCUT2D eigenvalue weighted by Gasteiger charge is -2.36. The Morgan fingerprint density at radius 2 is 1.13 bits per heavy atom. The van der Waals surface area contributed by atoms with Crippen molar-refractivity contribution < 1.29 is 8.78 Å². The molecule has 0 saturated heterocycles. The summed E-state index contributed by atoms with van der Waals surface area (Å²) < 4.78 is 28.8. The summed E-state index contributed by atoms with van der Waals surface area (Å²) >= 11 is 12.6. The molecule has 0 bridgehead atoms. The van der Waals surface area contributed by atoms with E-state index in [1.165, 1.54) is 12.1 Å². The Balaban J connectivity index is 2.05. The van der Waals surface area contributed by atoms with Gasteiger partial charge in [-0.05, 0) is 52.9 Å². The fraction of sp³-hybridized carbons (Fsp3) is 0.0769. The van der Waals surface area contributed by atoms with Gasteiger partial charge in [0.25, 0.3) is 0 Å². The summed E-state index contributed by atoms with van der Waals surface area (Å²) in [4.78, 5) is 0. The van der Waals surface area contributed by atoms with Crippen molar-refractivity contribution in [3.63, 3.8) is 0 Å². The van der Waals surface area contributed by atoms with Crippen LogP contribution in [0.3, 0.4) is 0 Å². The van der Waals surface area contributed by atoms with Crippen molar-refractivity contribution in [2.75, 3.05) is 0 Å². The fourth-order valence-corrected chi connectivity index (χ4v) is 4.48. The zero-order chi connectivity index (χ0) is 21.1. The van der Waals surface area contributed by atoms with E-state index in [4.69, 9.17) is 23.2 Å². The van der Waals surface area contributed by atoms with Crippen LogP contribution in [-0.2, 0) is 11.8 Å². The quantitative estimate of drug-likeness (QED) is 0.278. The van der Waals surface area contributed by atoms with Crippen molar-refractivity contribution in [1.82, 2.24) is 0 Å². The first-order valence-corrected chi connectivity index (χ1v) is 10.3. The average molecular weight is 439 g/mol. The lowest BCUT2D eigenvalue weighted by atomic mass is 9.66. The summed E-state index contributed by atoms with van der Waals surface area (Å²) in [6.07, 6.45) is 0.403. The van der Waals surface area contributed by atoms with E-state index in [-0.39, 0.29) is 0 Å². The molecule has 0 aliphatic rings. The maximum Gasteiger partial charge on any atom is 0.126 e. The van der Waals surface area contributed by atoms with Crippen molar-refractivity contribution in [1.29, 1.82) is 0 Å². The Morgan fingerprint density at radius 3 is 1.63 bits per heavy atom. The van der Waals surface area contributed by atoms with Crippen LogP contribution in [0.2, 0.25) is 10.0 Å². The van der Waals surface area contributed by atoms with Gasteiger partial charge in [-0.2, -0.15) is 0 Å².